The molecular formula is C35H60ClN9O5SSi. The van der Waals surface area contributed by atoms with Crippen molar-refractivity contribution < 1.29 is 23.5 Å². The first-order chi connectivity index (χ1) is 24.1. The van der Waals surface area contributed by atoms with E-state index in [2.05, 4.69) is 60.5 Å². The largest absolute Gasteiger partial charge is 0.481 e. The highest BCUT2D eigenvalue weighted by Gasteiger charge is 2.22. The van der Waals surface area contributed by atoms with Crippen LogP contribution in [0.2, 0.25) is 19.6 Å². The maximum Gasteiger partial charge on any atom is 0.306 e. The molecule has 0 aromatic carbocycles. The molecule has 4 fully saturated rings. The number of halogens is 1. The SMILES string of the molecule is C.C[Si](C)(C)n1nccn1.O=C(Cl)C1CCCC1.O=C(O)C1CCCC1.S.c1cn[nH]n1.c1coc(C2CCCC2)n1.c1coc([C@@H]2CCCN2)n1. The van der Waals surface area contributed by atoms with E-state index in [1.54, 1.807) is 49.7 Å². The number of carbonyl (C=O) groups is 2. The lowest BCUT2D eigenvalue weighted by atomic mass is 10.1. The van der Waals surface area contributed by atoms with Crippen molar-refractivity contribution in [2.75, 3.05) is 6.54 Å². The second kappa shape index (κ2) is 26.4. The molecule has 3 N–H and O–H groups in total. The molecule has 4 aromatic rings. The summed E-state index contributed by atoms with van der Waals surface area (Å²) in [6, 6.07) is 0.370. The first-order valence-electron chi connectivity index (χ1n) is 17.8. The fraction of sp³-hybridized carbons (Fsp3) is 0.657. The number of aromatic amines is 1. The molecule has 0 bridgehead atoms. The van der Waals surface area contributed by atoms with Crippen LogP contribution >= 0.6 is 25.1 Å². The molecule has 8 rings (SSSR count). The van der Waals surface area contributed by atoms with E-state index in [9.17, 15) is 9.59 Å². The minimum atomic E-state index is -1.29. The standard InChI is InChI=1S/C8H11NO.C7H10N2O.C6H9ClO.C6H10O2.C5H11N3Si.C2H3N3.CH4.H2S/c1-2-4-7(3-1)8-9-5-6-10-8;1-2-6(8-3-1)7-9-4-5-10-7;2*7-6(8)5-3-1-2-4-5;1-9(2,3)8-6-4-5-7-8;1-2-4-5-3-1;;/h5-7H,1-4H2;4-6,8H,1-3H2;5H,1-4H2;5H,1-4H2,(H,7,8);4-5H,1-3H3;1-2H,(H,3,4,5);1H4;1H2/t;6-;;;;;;/m.0....../s1. The van der Waals surface area contributed by atoms with Crippen molar-refractivity contribution in [1.29, 1.82) is 0 Å². The van der Waals surface area contributed by atoms with Gasteiger partial charge in [0.2, 0.25) is 19.4 Å². The number of H-pyrrole nitrogens is 1. The number of carbonyl (C=O) groups excluding carboxylic acids is 1. The Balaban J connectivity index is 0.000000313. The van der Waals surface area contributed by atoms with E-state index in [-0.39, 0.29) is 38.0 Å². The molecule has 1 saturated heterocycles. The highest BCUT2D eigenvalue weighted by molar-refractivity contribution is 7.59. The van der Waals surface area contributed by atoms with E-state index in [1.165, 1.54) is 44.9 Å². The Hall–Kier alpha value is -3.34. The molecule has 292 valence electrons. The molecule has 52 heavy (non-hydrogen) atoms. The number of nitrogens with zero attached hydrogens (tertiary/aromatic N) is 7. The predicted octanol–water partition coefficient (Wildman–Crippen LogP) is 8.15. The maximum atomic E-state index is 10.4. The summed E-state index contributed by atoms with van der Waals surface area (Å²) in [6.45, 7) is 7.69. The predicted molar refractivity (Wildman–Crippen MR) is 209 cm³/mol. The van der Waals surface area contributed by atoms with Crippen molar-refractivity contribution in [3.8, 4) is 0 Å². The fourth-order valence-corrected chi connectivity index (χ4v) is 7.01. The molecule has 3 aliphatic carbocycles. The third-order valence-electron chi connectivity index (χ3n) is 8.70. The molecule has 3 saturated carbocycles. The molecule has 4 aromatic heterocycles. The van der Waals surface area contributed by atoms with Crippen LogP contribution in [-0.2, 0) is 9.59 Å². The normalized spacial score (nSPS) is 18.2. The second-order valence-corrected chi connectivity index (χ2v) is 18.7. The molecular weight excluding hydrogens is 722 g/mol. The average Bonchev–Trinajstić information content (AvgIpc) is 3.99. The van der Waals surface area contributed by atoms with Gasteiger partial charge in [0, 0.05) is 11.8 Å². The first-order valence-corrected chi connectivity index (χ1v) is 21.6. The van der Waals surface area contributed by atoms with Crippen LogP contribution in [0.4, 0.5) is 0 Å². The number of nitrogens with one attached hydrogen (secondary N) is 2. The molecule has 0 radical (unpaired) electrons. The van der Waals surface area contributed by atoms with Gasteiger partial charge in [-0.25, -0.2) is 14.4 Å². The maximum absolute atomic E-state index is 10.4. The van der Waals surface area contributed by atoms with Crippen molar-refractivity contribution in [1.82, 2.24) is 45.4 Å². The van der Waals surface area contributed by atoms with Gasteiger partial charge in [0.15, 0.2) is 5.89 Å². The van der Waals surface area contributed by atoms with Gasteiger partial charge >= 0.3 is 5.97 Å². The smallest absolute Gasteiger partial charge is 0.306 e. The van der Waals surface area contributed by atoms with Gasteiger partial charge in [-0.2, -0.15) is 39.1 Å². The van der Waals surface area contributed by atoms with E-state index in [1.807, 2.05) is 4.46 Å². The van der Waals surface area contributed by atoms with Gasteiger partial charge in [-0.15, -0.1) is 0 Å². The van der Waals surface area contributed by atoms with E-state index in [0.29, 0.717) is 12.0 Å². The Labute approximate surface area is 321 Å². The first kappa shape index (κ1) is 46.7. The number of hydrogen-bond donors (Lipinski definition) is 3. The van der Waals surface area contributed by atoms with Crippen molar-refractivity contribution in [2.45, 2.75) is 129 Å². The zero-order valence-corrected chi connectivity index (χ0v) is 32.9. The molecule has 0 spiro atoms. The number of aliphatic carboxylic acids is 1. The Kier molecular flexibility index (Phi) is 23.7. The van der Waals surface area contributed by atoms with Crippen LogP contribution in [0.15, 0.2) is 58.5 Å². The summed E-state index contributed by atoms with van der Waals surface area (Å²) in [5.41, 5.74) is 0. The highest BCUT2D eigenvalue weighted by atomic mass is 35.5. The number of rotatable bonds is 5. The van der Waals surface area contributed by atoms with Gasteiger partial charge in [-0.05, 0) is 89.2 Å². The van der Waals surface area contributed by atoms with Gasteiger partial charge in [-0.1, -0.05) is 46.0 Å². The summed E-state index contributed by atoms with van der Waals surface area (Å²) in [6.07, 6.45) is 29.3. The Bertz CT molecular complexity index is 1300. The minimum Gasteiger partial charge on any atom is -0.481 e. The second-order valence-electron chi connectivity index (χ2n) is 13.6. The van der Waals surface area contributed by atoms with Gasteiger partial charge in [-0.3, -0.25) is 9.59 Å². The molecule has 1 atom stereocenters. The summed E-state index contributed by atoms with van der Waals surface area (Å²) in [5, 5.41) is 29.0. The number of carboxylic acid groups (broad SMARTS) is 1. The average molecular weight is 783 g/mol. The summed E-state index contributed by atoms with van der Waals surface area (Å²) < 4.78 is 12.2. The number of carboxylic acids is 1. The topological polar surface area (TPSA) is 191 Å². The van der Waals surface area contributed by atoms with Crippen LogP contribution in [0.5, 0.6) is 0 Å². The summed E-state index contributed by atoms with van der Waals surface area (Å²) in [4.78, 5) is 28.8. The Morgan fingerprint density at radius 3 is 1.58 bits per heavy atom. The van der Waals surface area contributed by atoms with Crippen LogP contribution < -0.4 is 5.32 Å². The molecule has 0 amide bonds. The van der Waals surface area contributed by atoms with Gasteiger partial charge in [0.1, 0.15) is 12.5 Å². The lowest BCUT2D eigenvalue weighted by Gasteiger charge is -2.12. The zero-order chi connectivity index (χ0) is 36.0. The van der Waals surface area contributed by atoms with Crippen LogP contribution in [0.1, 0.15) is 121 Å². The summed E-state index contributed by atoms with van der Waals surface area (Å²) in [5.74, 6) is 1.96. The monoisotopic (exact) mass is 781 g/mol. The molecule has 1 aliphatic heterocycles. The van der Waals surface area contributed by atoms with Crippen molar-refractivity contribution >= 4 is 44.5 Å². The van der Waals surface area contributed by atoms with Crippen LogP contribution in [0.3, 0.4) is 0 Å². The number of oxazole rings is 2. The molecule has 17 heteroatoms. The van der Waals surface area contributed by atoms with Gasteiger partial charge in [0.25, 0.3) is 0 Å². The quantitative estimate of drug-likeness (QED) is 0.130. The van der Waals surface area contributed by atoms with Crippen LogP contribution in [0.25, 0.3) is 0 Å². The van der Waals surface area contributed by atoms with Gasteiger partial charge in [0.05, 0.1) is 49.1 Å². The lowest BCUT2D eigenvalue weighted by molar-refractivity contribution is -0.141. The summed E-state index contributed by atoms with van der Waals surface area (Å²) in [7, 11) is -1.29. The van der Waals surface area contributed by atoms with Gasteiger partial charge < -0.3 is 19.3 Å². The van der Waals surface area contributed by atoms with E-state index >= 15 is 0 Å². The fourth-order valence-electron chi connectivity index (χ4n) is 5.97. The van der Waals surface area contributed by atoms with Crippen molar-refractivity contribution in [3.63, 3.8) is 0 Å². The molecule has 14 nitrogen and oxygen atoms in total. The van der Waals surface area contributed by atoms with Crippen LogP contribution in [0, 0.1) is 11.8 Å². The number of aromatic nitrogens is 8. The summed E-state index contributed by atoms with van der Waals surface area (Å²) >= 11 is 5.25. The number of hydrogen-bond acceptors (Lipinski definition) is 11. The molecule has 0 unspecified atom stereocenters. The third-order valence-corrected chi connectivity index (χ3v) is 10.4. The molecule has 4 aliphatic rings. The Morgan fingerprint density at radius 1 is 0.750 bits per heavy atom. The Morgan fingerprint density at radius 2 is 1.25 bits per heavy atom. The molecule has 5 heterocycles. The van der Waals surface area contributed by atoms with E-state index in [0.717, 1.165) is 63.3 Å². The lowest BCUT2D eigenvalue weighted by Crippen LogP contribution is -2.34. The van der Waals surface area contributed by atoms with E-state index < -0.39 is 14.2 Å². The van der Waals surface area contributed by atoms with Crippen molar-refractivity contribution in [3.05, 3.63) is 61.5 Å². The zero-order valence-electron chi connectivity index (χ0n) is 30.1. The highest BCUT2D eigenvalue weighted by Crippen LogP contribution is 2.32. The minimum absolute atomic E-state index is 0. The van der Waals surface area contributed by atoms with E-state index in [4.69, 9.17) is 25.5 Å². The van der Waals surface area contributed by atoms with Crippen molar-refractivity contribution in [2.24, 2.45) is 11.8 Å². The third kappa shape index (κ3) is 18.4. The van der Waals surface area contributed by atoms with Crippen LogP contribution in [-0.4, -0.2) is 71.1 Å².